The van der Waals surface area contributed by atoms with Crippen molar-refractivity contribution >= 4 is 39.5 Å². The number of thioether (sulfide) groups is 1. The fraction of sp³-hybridized carbons (Fsp3) is 0.385. The number of halogens is 2. The van der Waals surface area contributed by atoms with Crippen molar-refractivity contribution < 1.29 is 14.0 Å². The van der Waals surface area contributed by atoms with E-state index in [1.54, 1.807) is 19.2 Å². The van der Waals surface area contributed by atoms with Crippen molar-refractivity contribution in [1.82, 2.24) is 9.80 Å². The first-order chi connectivity index (χ1) is 9.47. The molecule has 0 atom stereocenters. The van der Waals surface area contributed by atoms with Gasteiger partial charge in [-0.15, -0.1) is 11.8 Å². The summed E-state index contributed by atoms with van der Waals surface area (Å²) in [5, 5.41) is 0. The summed E-state index contributed by atoms with van der Waals surface area (Å²) in [5.41, 5.74) is 0.442. The average molecular weight is 361 g/mol. The van der Waals surface area contributed by atoms with Crippen molar-refractivity contribution in [2.45, 2.75) is 6.54 Å². The minimum atomic E-state index is -0.347. The van der Waals surface area contributed by atoms with Gasteiger partial charge in [-0.1, -0.05) is 15.9 Å². The molecule has 0 bridgehead atoms. The quantitative estimate of drug-likeness (QED) is 0.825. The maximum atomic E-state index is 13.6. The second kappa shape index (κ2) is 6.58. The van der Waals surface area contributed by atoms with Crippen LogP contribution in [0.15, 0.2) is 22.7 Å². The van der Waals surface area contributed by atoms with Gasteiger partial charge in [-0.05, 0) is 18.2 Å². The molecule has 0 saturated carbocycles. The fourth-order valence-corrected chi connectivity index (χ4v) is 3.15. The Kier molecular flexibility index (Phi) is 5.04. The predicted octanol–water partition coefficient (Wildman–Crippen LogP) is 2.08. The minimum Gasteiger partial charge on any atom is -0.340 e. The zero-order valence-electron chi connectivity index (χ0n) is 10.9. The van der Waals surface area contributed by atoms with E-state index >= 15 is 0 Å². The normalized spacial score (nSPS) is 14.8. The van der Waals surface area contributed by atoms with Crippen molar-refractivity contribution in [2.24, 2.45) is 0 Å². The van der Waals surface area contributed by atoms with Crippen LogP contribution in [0.3, 0.4) is 0 Å². The third-order valence-corrected chi connectivity index (χ3v) is 4.43. The van der Waals surface area contributed by atoms with Crippen molar-refractivity contribution in [1.29, 1.82) is 0 Å². The van der Waals surface area contributed by atoms with Crippen LogP contribution in [0.25, 0.3) is 0 Å². The molecule has 2 rings (SSSR count). The molecule has 1 aliphatic heterocycles. The van der Waals surface area contributed by atoms with E-state index < -0.39 is 0 Å². The van der Waals surface area contributed by atoms with Crippen LogP contribution in [-0.2, 0) is 16.1 Å². The van der Waals surface area contributed by atoms with Crippen molar-refractivity contribution in [3.05, 3.63) is 34.1 Å². The van der Waals surface area contributed by atoms with Gasteiger partial charge in [0, 0.05) is 23.6 Å². The number of nitrogens with zero attached hydrogens (tertiary/aromatic N) is 2. The van der Waals surface area contributed by atoms with Crippen molar-refractivity contribution in [3.8, 4) is 0 Å². The maximum Gasteiger partial charge on any atom is 0.242 e. The van der Waals surface area contributed by atoms with Crippen LogP contribution in [0.2, 0.25) is 0 Å². The summed E-state index contributed by atoms with van der Waals surface area (Å²) in [6.07, 6.45) is 0. The lowest BCUT2D eigenvalue weighted by atomic mass is 10.2. The molecule has 1 aromatic carbocycles. The summed E-state index contributed by atoms with van der Waals surface area (Å²) in [4.78, 5) is 26.4. The summed E-state index contributed by atoms with van der Waals surface area (Å²) in [6.45, 7) is 0.233. The average Bonchev–Trinajstić information content (AvgIpc) is 2.79. The van der Waals surface area contributed by atoms with Crippen molar-refractivity contribution in [2.75, 3.05) is 25.2 Å². The van der Waals surface area contributed by atoms with Crippen LogP contribution in [0.1, 0.15) is 5.56 Å². The molecule has 1 heterocycles. The minimum absolute atomic E-state index is 0.0228. The molecule has 0 N–H and O–H groups in total. The zero-order chi connectivity index (χ0) is 14.7. The molecule has 2 amide bonds. The summed E-state index contributed by atoms with van der Waals surface area (Å²) in [5.74, 6) is 0.409. The highest BCUT2D eigenvalue weighted by atomic mass is 79.9. The van der Waals surface area contributed by atoms with Gasteiger partial charge in [0.2, 0.25) is 11.8 Å². The number of hydrogen-bond acceptors (Lipinski definition) is 3. The molecular weight excluding hydrogens is 347 g/mol. The largest absolute Gasteiger partial charge is 0.340 e. The van der Waals surface area contributed by atoms with Crippen LogP contribution < -0.4 is 0 Å². The second-order valence-corrected chi connectivity index (χ2v) is 6.43. The smallest absolute Gasteiger partial charge is 0.242 e. The third-order valence-electron chi connectivity index (χ3n) is 2.99. The topological polar surface area (TPSA) is 40.6 Å². The molecule has 0 unspecified atom stereocenters. The van der Waals surface area contributed by atoms with Gasteiger partial charge in [0.1, 0.15) is 12.4 Å². The number of carbonyl (C=O) groups excluding carboxylic acids is 2. The third kappa shape index (κ3) is 3.73. The van der Waals surface area contributed by atoms with E-state index in [0.717, 1.165) is 4.47 Å². The van der Waals surface area contributed by atoms with Gasteiger partial charge in [-0.25, -0.2) is 4.39 Å². The van der Waals surface area contributed by atoms with Crippen LogP contribution >= 0.6 is 27.7 Å². The second-order valence-electron chi connectivity index (χ2n) is 4.55. The first kappa shape index (κ1) is 15.3. The highest BCUT2D eigenvalue weighted by Crippen LogP contribution is 2.18. The van der Waals surface area contributed by atoms with Gasteiger partial charge in [-0.3, -0.25) is 9.59 Å². The van der Waals surface area contributed by atoms with Crippen LogP contribution in [-0.4, -0.2) is 46.8 Å². The molecular formula is C13H14BrFN2O2S. The van der Waals surface area contributed by atoms with Crippen molar-refractivity contribution in [3.63, 3.8) is 0 Å². The molecule has 1 aliphatic rings. The van der Waals surface area contributed by atoms with E-state index in [2.05, 4.69) is 15.9 Å². The molecule has 7 heteroatoms. The molecule has 4 nitrogen and oxygen atoms in total. The Morgan fingerprint density at radius 3 is 2.95 bits per heavy atom. The van der Waals surface area contributed by atoms with Gasteiger partial charge in [0.05, 0.1) is 11.6 Å². The molecule has 1 aromatic rings. The number of rotatable bonds is 4. The van der Waals surface area contributed by atoms with E-state index in [-0.39, 0.29) is 30.7 Å². The number of benzene rings is 1. The fourth-order valence-electron chi connectivity index (χ4n) is 1.83. The molecule has 0 aromatic heterocycles. The number of amides is 2. The molecule has 1 saturated heterocycles. The molecule has 108 valence electrons. The highest BCUT2D eigenvalue weighted by Gasteiger charge is 2.24. The monoisotopic (exact) mass is 360 g/mol. The van der Waals surface area contributed by atoms with Gasteiger partial charge in [0.25, 0.3) is 0 Å². The lowest BCUT2D eigenvalue weighted by Crippen LogP contribution is -2.39. The lowest BCUT2D eigenvalue weighted by molar-refractivity contribution is -0.137. The lowest BCUT2D eigenvalue weighted by Gasteiger charge is -2.21. The first-order valence-electron chi connectivity index (χ1n) is 6.01. The van der Waals surface area contributed by atoms with E-state index in [9.17, 15) is 14.0 Å². The number of likely N-dealkylation sites (N-methyl/N-ethyl adjacent to an activating group) is 1. The molecule has 0 aliphatic carbocycles. The van der Waals surface area contributed by atoms with Crippen LogP contribution in [0, 0.1) is 5.82 Å². The first-order valence-corrected chi connectivity index (χ1v) is 7.95. The van der Waals surface area contributed by atoms with Gasteiger partial charge >= 0.3 is 0 Å². The van der Waals surface area contributed by atoms with E-state index in [1.807, 2.05) is 0 Å². The van der Waals surface area contributed by atoms with Crippen LogP contribution in [0.4, 0.5) is 4.39 Å². The van der Waals surface area contributed by atoms with Gasteiger partial charge in [-0.2, -0.15) is 0 Å². The van der Waals surface area contributed by atoms with Gasteiger partial charge in [0.15, 0.2) is 0 Å². The molecule has 20 heavy (non-hydrogen) atoms. The van der Waals surface area contributed by atoms with E-state index in [1.165, 1.54) is 27.6 Å². The standard InChI is InChI=1S/C13H14BrFN2O2S/c1-16(5-9-4-10(14)2-3-11(9)15)12(18)6-17-8-20-7-13(17)19/h2-4H,5-8H2,1H3. The molecule has 0 radical (unpaired) electrons. The van der Waals surface area contributed by atoms with Gasteiger partial charge < -0.3 is 9.80 Å². The SMILES string of the molecule is CN(Cc1cc(Br)ccc1F)C(=O)CN1CSCC1=O. The summed E-state index contributed by atoms with van der Waals surface area (Å²) < 4.78 is 14.4. The predicted molar refractivity (Wildman–Crippen MR) is 79.6 cm³/mol. The summed E-state index contributed by atoms with van der Waals surface area (Å²) in [6, 6.07) is 4.62. The Labute approximate surface area is 129 Å². The summed E-state index contributed by atoms with van der Waals surface area (Å²) in [7, 11) is 1.61. The Morgan fingerprint density at radius 1 is 1.55 bits per heavy atom. The molecule has 0 spiro atoms. The number of hydrogen-bond donors (Lipinski definition) is 0. The Morgan fingerprint density at radius 2 is 2.30 bits per heavy atom. The Bertz CT molecular complexity index is 541. The number of carbonyl (C=O) groups is 2. The zero-order valence-corrected chi connectivity index (χ0v) is 13.3. The van der Waals surface area contributed by atoms with E-state index in [4.69, 9.17) is 0 Å². The highest BCUT2D eigenvalue weighted by molar-refractivity contribution is 9.10. The summed E-state index contributed by atoms with van der Waals surface area (Å²) >= 11 is 4.77. The Hall–Kier alpha value is -1.08. The Balaban J connectivity index is 1.97. The van der Waals surface area contributed by atoms with E-state index in [0.29, 0.717) is 17.2 Å². The molecule has 1 fully saturated rings. The van der Waals surface area contributed by atoms with Crippen LogP contribution in [0.5, 0.6) is 0 Å². The maximum absolute atomic E-state index is 13.6.